The lowest BCUT2D eigenvalue weighted by Gasteiger charge is -2.21. The van der Waals surface area contributed by atoms with E-state index in [1.165, 1.54) is 24.3 Å². The first-order valence-electron chi connectivity index (χ1n) is 8.34. The number of carbonyl (C=O) groups excluding carboxylic acids is 1. The van der Waals surface area contributed by atoms with Gasteiger partial charge in [-0.2, -0.15) is 0 Å². The average molecular weight is 343 g/mol. The molecule has 1 aliphatic rings. The summed E-state index contributed by atoms with van der Waals surface area (Å²) in [4.78, 5) is 14.2. The van der Waals surface area contributed by atoms with E-state index in [0.29, 0.717) is 18.2 Å². The van der Waals surface area contributed by atoms with Crippen LogP contribution in [-0.2, 0) is 0 Å². The third-order valence-corrected chi connectivity index (χ3v) is 4.37. The molecule has 0 bridgehead atoms. The van der Waals surface area contributed by atoms with Crippen LogP contribution in [0.15, 0.2) is 48.5 Å². The SMILES string of the molecule is COc1ccccc1N1CCC(CNC(=O)Nc2ccc(F)cc2)C1. The highest BCUT2D eigenvalue weighted by atomic mass is 19.1. The second-order valence-corrected chi connectivity index (χ2v) is 6.11. The molecule has 132 valence electrons. The predicted molar refractivity (Wildman–Crippen MR) is 96.7 cm³/mol. The summed E-state index contributed by atoms with van der Waals surface area (Å²) in [6.45, 7) is 2.40. The van der Waals surface area contributed by atoms with Gasteiger partial charge in [0.25, 0.3) is 0 Å². The molecule has 1 saturated heterocycles. The third-order valence-electron chi connectivity index (χ3n) is 4.37. The zero-order valence-corrected chi connectivity index (χ0v) is 14.2. The van der Waals surface area contributed by atoms with Crippen LogP contribution >= 0.6 is 0 Å². The lowest BCUT2D eigenvalue weighted by atomic mass is 10.1. The predicted octanol–water partition coefficient (Wildman–Crippen LogP) is 3.48. The van der Waals surface area contributed by atoms with Crippen LogP contribution in [0.2, 0.25) is 0 Å². The maximum Gasteiger partial charge on any atom is 0.319 e. The zero-order valence-electron chi connectivity index (χ0n) is 14.2. The topological polar surface area (TPSA) is 53.6 Å². The van der Waals surface area contributed by atoms with E-state index < -0.39 is 0 Å². The lowest BCUT2D eigenvalue weighted by molar-refractivity contribution is 0.250. The zero-order chi connectivity index (χ0) is 17.6. The molecule has 0 aromatic heterocycles. The maximum absolute atomic E-state index is 12.9. The number of ether oxygens (including phenoxy) is 1. The molecule has 25 heavy (non-hydrogen) atoms. The van der Waals surface area contributed by atoms with Crippen LogP contribution in [0.5, 0.6) is 5.75 Å². The molecule has 0 radical (unpaired) electrons. The highest BCUT2D eigenvalue weighted by Gasteiger charge is 2.24. The Balaban J connectivity index is 1.48. The molecule has 2 aromatic carbocycles. The van der Waals surface area contributed by atoms with Crippen LogP contribution in [0.1, 0.15) is 6.42 Å². The fourth-order valence-electron chi connectivity index (χ4n) is 3.05. The number of rotatable bonds is 5. The van der Waals surface area contributed by atoms with Crippen LogP contribution < -0.4 is 20.3 Å². The molecule has 0 aliphatic carbocycles. The number of halogens is 1. The van der Waals surface area contributed by atoms with Crippen molar-refractivity contribution < 1.29 is 13.9 Å². The van der Waals surface area contributed by atoms with E-state index in [2.05, 4.69) is 21.6 Å². The van der Waals surface area contributed by atoms with Gasteiger partial charge in [0.15, 0.2) is 0 Å². The number of hydrogen-bond acceptors (Lipinski definition) is 3. The van der Waals surface area contributed by atoms with E-state index in [1.807, 2.05) is 18.2 Å². The summed E-state index contributed by atoms with van der Waals surface area (Å²) < 4.78 is 18.3. The molecular weight excluding hydrogens is 321 g/mol. The second-order valence-electron chi connectivity index (χ2n) is 6.11. The van der Waals surface area contributed by atoms with Gasteiger partial charge in [0.2, 0.25) is 0 Å². The van der Waals surface area contributed by atoms with E-state index in [9.17, 15) is 9.18 Å². The van der Waals surface area contributed by atoms with Gasteiger partial charge in [-0.3, -0.25) is 0 Å². The summed E-state index contributed by atoms with van der Waals surface area (Å²) in [5, 5.41) is 5.59. The minimum absolute atomic E-state index is 0.276. The fraction of sp³-hybridized carbons (Fsp3) is 0.316. The summed E-state index contributed by atoms with van der Waals surface area (Å²) in [5.74, 6) is 0.919. The first-order valence-corrected chi connectivity index (χ1v) is 8.34. The maximum atomic E-state index is 12.9. The Kier molecular flexibility index (Phi) is 5.38. The van der Waals surface area contributed by atoms with Crippen molar-refractivity contribution in [1.29, 1.82) is 0 Å². The van der Waals surface area contributed by atoms with E-state index in [0.717, 1.165) is 30.9 Å². The molecular formula is C19H22FN3O2. The van der Waals surface area contributed by atoms with Crippen molar-refractivity contribution in [2.75, 3.05) is 37.0 Å². The molecule has 2 aromatic rings. The summed E-state index contributed by atoms with van der Waals surface area (Å²) in [5.41, 5.74) is 1.66. The summed E-state index contributed by atoms with van der Waals surface area (Å²) in [6, 6.07) is 13.4. The standard InChI is InChI=1S/C19H22FN3O2/c1-25-18-5-3-2-4-17(18)23-11-10-14(13-23)12-21-19(24)22-16-8-6-15(20)7-9-16/h2-9,14H,10-13H2,1H3,(H2,21,22,24). The van der Waals surface area contributed by atoms with E-state index in [4.69, 9.17) is 4.74 Å². The smallest absolute Gasteiger partial charge is 0.319 e. The molecule has 1 unspecified atom stereocenters. The van der Waals surface area contributed by atoms with E-state index in [1.54, 1.807) is 7.11 Å². The van der Waals surface area contributed by atoms with Crippen LogP contribution in [0, 0.1) is 11.7 Å². The highest BCUT2D eigenvalue weighted by Crippen LogP contribution is 2.31. The van der Waals surface area contributed by atoms with E-state index in [-0.39, 0.29) is 11.8 Å². The molecule has 1 heterocycles. The number of nitrogens with one attached hydrogen (secondary N) is 2. The van der Waals surface area contributed by atoms with Crippen LogP contribution in [0.3, 0.4) is 0 Å². The minimum Gasteiger partial charge on any atom is -0.495 e. The van der Waals surface area contributed by atoms with Crippen molar-refractivity contribution in [3.8, 4) is 5.75 Å². The van der Waals surface area contributed by atoms with Crippen molar-refractivity contribution in [3.63, 3.8) is 0 Å². The van der Waals surface area contributed by atoms with Gasteiger partial charge in [-0.15, -0.1) is 0 Å². The second kappa shape index (κ2) is 7.88. The molecule has 1 atom stereocenters. The number of methoxy groups -OCH3 is 1. The van der Waals surface area contributed by atoms with Gasteiger partial charge < -0.3 is 20.3 Å². The molecule has 1 fully saturated rings. The van der Waals surface area contributed by atoms with Gasteiger partial charge in [0.05, 0.1) is 12.8 Å². The van der Waals surface area contributed by atoms with Gasteiger partial charge >= 0.3 is 6.03 Å². The number of nitrogens with zero attached hydrogens (tertiary/aromatic N) is 1. The first kappa shape index (κ1) is 17.1. The number of urea groups is 1. The number of anilines is 2. The van der Waals surface area contributed by atoms with Gasteiger partial charge in [0.1, 0.15) is 11.6 Å². The Morgan fingerprint density at radius 2 is 2.00 bits per heavy atom. The van der Waals surface area contributed by atoms with Crippen molar-refractivity contribution in [3.05, 3.63) is 54.3 Å². The van der Waals surface area contributed by atoms with E-state index >= 15 is 0 Å². The number of carbonyl (C=O) groups is 1. The number of amides is 2. The van der Waals surface area contributed by atoms with Crippen molar-refractivity contribution >= 4 is 17.4 Å². The summed E-state index contributed by atoms with van der Waals surface area (Å²) in [6.07, 6.45) is 1.01. The molecule has 0 spiro atoms. The summed E-state index contributed by atoms with van der Waals surface area (Å²) >= 11 is 0. The molecule has 2 amide bonds. The quantitative estimate of drug-likeness (QED) is 0.874. The monoisotopic (exact) mass is 343 g/mol. The minimum atomic E-state index is -0.326. The number of benzene rings is 2. The molecule has 3 rings (SSSR count). The normalized spacial score (nSPS) is 16.6. The Hall–Kier alpha value is -2.76. The largest absolute Gasteiger partial charge is 0.495 e. The Morgan fingerprint density at radius 3 is 2.76 bits per heavy atom. The Bertz CT molecular complexity index is 721. The van der Waals surface area contributed by atoms with Gasteiger partial charge in [-0.05, 0) is 48.7 Å². The Labute approximate surface area is 146 Å². The van der Waals surface area contributed by atoms with Gasteiger partial charge in [-0.1, -0.05) is 12.1 Å². The van der Waals surface area contributed by atoms with Crippen molar-refractivity contribution in [2.24, 2.45) is 5.92 Å². The molecule has 1 aliphatic heterocycles. The molecule has 5 nitrogen and oxygen atoms in total. The first-order chi connectivity index (χ1) is 12.2. The summed E-state index contributed by atoms with van der Waals surface area (Å²) in [7, 11) is 1.67. The van der Waals surface area contributed by atoms with Crippen LogP contribution in [0.25, 0.3) is 0 Å². The van der Waals surface area contributed by atoms with Crippen molar-refractivity contribution in [2.45, 2.75) is 6.42 Å². The van der Waals surface area contributed by atoms with Crippen LogP contribution in [-0.4, -0.2) is 32.8 Å². The van der Waals surface area contributed by atoms with Crippen molar-refractivity contribution in [1.82, 2.24) is 5.32 Å². The molecule has 0 saturated carbocycles. The van der Waals surface area contributed by atoms with Crippen LogP contribution in [0.4, 0.5) is 20.6 Å². The molecule has 6 heteroatoms. The third kappa shape index (κ3) is 4.41. The number of para-hydroxylation sites is 2. The highest BCUT2D eigenvalue weighted by molar-refractivity contribution is 5.89. The van der Waals surface area contributed by atoms with Gasteiger partial charge in [0, 0.05) is 25.3 Å². The lowest BCUT2D eigenvalue weighted by Crippen LogP contribution is -2.34. The average Bonchev–Trinajstić information content (AvgIpc) is 3.11. The Morgan fingerprint density at radius 1 is 1.24 bits per heavy atom. The fourth-order valence-corrected chi connectivity index (χ4v) is 3.05. The molecule has 2 N–H and O–H groups in total. The number of hydrogen-bond donors (Lipinski definition) is 2. The van der Waals surface area contributed by atoms with Gasteiger partial charge in [-0.25, -0.2) is 9.18 Å².